The molecule has 0 saturated carbocycles. The molecule has 2 rings (SSSR count). The van der Waals surface area contributed by atoms with Crippen molar-refractivity contribution in [2.24, 2.45) is 0 Å². The number of nitrogens with zero attached hydrogens (tertiary/aromatic N) is 2. The van der Waals surface area contributed by atoms with Crippen molar-refractivity contribution in [3.05, 3.63) is 59.2 Å². The van der Waals surface area contributed by atoms with Crippen LogP contribution in [0.2, 0.25) is 0 Å². The lowest BCUT2D eigenvalue weighted by Gasteiger charge is -2.25. The molecule has 0 aliphatic rings. The van der Waals surface area contributed by atoms with Crippen LogP contribution in [0.25, 0.3) is 0 Å². The Morgan fingerprint density at radius 1 is 1.04 bits per heavy atom. The summed E-state index contributed by atoms with van der Waals surface area (Å²) in [5, 5.41) is 9.79. The van der Waals surface area contributed by atoms with Gasteiger partial charge >= 0.3 is 0 Å². The van der Waals surface area contributed by atoms with Crippen molar-refractivity contribution in [1.29, 1.82) is 5.26 Å². The lowest BCUT2D eigenvalue weighted by atomic mass is 9.78. The van der Waals surface area contributed by atoms with Gasteiger partial charge in [0.1, 0.15) is 0 Å². The van der Waals surface area contributed by atoms with Crippen LogP contribution in [0.4, 0.5) is 0 Å². The smallest absolute Gasteiger partial charge is 0.160 e. The third-order valence-electron chi connectivity index (χ3n) is 5.43. The first kappa shape index (κ1) is 21.8. The van der Waals surface area contributed by atoms with E-state index in [1.165, 1.54) is 11.1 Å². The minimum Gasteiger partial charge on any atom is -0.493 e. The topological polar surface area (TPSA) is 45.5 Å². The highest BCUT2D eigenvalue weighted by Gasteiger charge is 2.27. The molecular formula is C24H32N2O2. The highest BCUT2D eigenvalue weighted by molar-refractivity contribution is 5.43. The first-order valence-electron chi connectivity index (χ1n) is 9.80. The summed E-state index contributed by atoms with van der Waals surface area (Å²) in [6, 6.07) is 16.8. The van der Waals surface area contributed by atoms with Gasteiger partial charge in [-0.15, -0.1) is 0 Å². The highest BCUT2D eigenvalue weighted by atomic mass is 16.5. The van der Waals surface area contributed by atoms with Crippen LogP contribution in [-0.4, -0.2) is 39.3 Å². The molecule has 0 bridgehead atoms. The zero-order chi connectivity index (χ0) is 20.6. The third kappa shape index (κ3) is 5.50. The normalized spacial score (nSPS) is 13.0. The van der Waals surface area contributed by atoms with Gasteiger partial charge in [0.05, 0.1) is 25.7 Å². The van der Waals surface area contributed by atoms with Crippen molar-refractivity contribution in [2.45, 2.75) is 38.5 Å². The van der Waals surface area contributed by atoms with E-state index in [0.717, 1.165) is 49.4 Å². The van der Waals surface area contributed by atoms with Gasteiger partial charge in [-0.3, -0.25) is 0 Å². The van der Waals surface area contributed by atoms with E-state index in [2.05, 4.69) is 50.1 Å². The van der Waals surface area contributed by atoms with E-state index in [9.17, 15) is 5.26 Å². The predicted molar refractivity (Wildman–Crippen MR) is 114 cm³/mol. The fraction of sp³-hybridized carbons (Fsp3) is 0.458. The van der Waals surface area contributed by atoms with Crippen LogP contribution < -0.4 is 9.47 Å². The molecule has 0 aliphatic carbocycles. The summed E-state index contributed by atoms with van der Waals surface area (Å²) in [6.45, 7) is 6.07. The maximum Gasteiger partial charge on any atom is 0.160 e. The fourth-order valence-corrected chi connectivity index (χ4v) is 3.61. The van der Waals surface area contributed by atoms with Crippen LogP contribution >= 0.6 is 0 Å². The van der Waals surface area contributed by atoms with Gasteiger partial charge in [-0.25, -0.2) is 0 Å². The molecule has 0 spiro atoms. The SMILES string of the molecule is COc1ccc(CCN(C)CCC[C@](C)(C#N)c2ccccc2C)cc1OC. The number of ether oxygens (including phenoxy) is 2. The average molecular weight is 381 g/mol. The van der Waals surface area contributed by atoms with Crippen molar-refractivity contribution in [3.63, 3.8) is 0 Å². The number of nitriles is 1. The molecule has 1 atom stereocenters. The van der Waals surface area contributed by atoms with Gasteiger partial charge < -0.3 is 14.4 Å². The van der Waals surface area contributed by atoms with Crippen molar-refractivity contribution in [3.8, 4) is 17.6 Å². The first-order chi connectivity index (χ1) is 13.4. The maximum absolute atomic E-state index is 9.79. The minimum atomic E-state index is -0.435. The van der Waals surface area contributed by atoms with E-state index in [4.69, 9.17) is 9.47 Å². The van der Waals surface area contributed by atoms with Crippen molar-refractivity contribution in [2.75, 3.05) is 34.4 Å². The number of likely N-dealkylation sites (N-methyl/N-ethyl adjacent to an activating group) is 1. The second kappa shape index (κ2) is 10.1. The number of rotatable bonds is 10. The van der Waals surface area contributed by atoms with E-state index in [1.54, 1.807) is 14.2 Å². The zero-order valence-electron chi connectivity index (χ0n) is 17.8. The molecule has 0 saturated heterocycles. The molecule has 0 amide bonds. The van der Waals surface area contributed by atoms with Crippen LogP contribution in [0.5, 0.6) is 11.5 Å². The Hall–Kier alpha value is -2.51. The quantitative estimate of drug-likeness (QED) is 0.597. The van der Waals surface area contributed by atoms with Crippen LogP contribution in [0.15, 0.2) is 42.5 Å². The summed E-state index contributed by atoms with van der Waals surface area (Å²) in [5.41, 5.74) is 3.13. The zero-order valence-corrected chi connectivity index (χ0v) is 17.8. The Morgan fingerprint density at radius 3 is 2.39 bits per heavy atom. The number of methoxy groups -OCH3 is 2. The van der Waals surface area contributed by atoms with Gasteiger partial charge in [-0.1, -0.05) is 30.3 Å². The number of hydrogen-bond acceptors (Lipinski definition) is 4. The summed E-state index contributed by atoms with van der Waals surface area (Å²) in [7, 11) is 5.45. The largest absolute Gasteiger partial charge is 0.493 e. The van der Waals surface area contributed by atoms with Crippen LogP contribution in [0.3, 0.4) is 0 Å². The molecule has 2 aromatic rings. The summed E-state index contributed by atoms with van der Waals surface area (Å²) in [4.78, 5) is 2.33. The standard InChI is InChI=1S/C24H32N2O2/c1-19-9-6-7-10-21(19)24(2,18-25)14-8-15-26(3)16-13-20-11-12-22(27-4)23(17-20)28-5/h6-7,9-12,17H,8,13-16H2,1-5H3/t24-/m1/s1. The Balaban J connectivity index is 1.86. The van der Waals surface area contributed by atoms with Crippen molar-refractivity contribution >= 4 is 0 Å². The van der Waals surface area contributed by atoms with E-state index in [0.29, 0.717) is 0 Å². The lowest BCUT2D eigenvalue weighted by molar-refractivity contribution is 0.318. The van der Waals surface area contributed by atoms with Crippen LogP contribution in [-0.2, 0) is 11.8 Å². The Morgan fingerprint density at radius 2 is 1.75 bits per heavy atom. The molecule has 0 aromatic heterocycles. The molecule has 150 valence electrons. The molecule has 2 aromatic carbocycles. The monoisotopic (exact) mass is 380 g/mol. The molecular weight excluding hydrogens is 348 g/mol. The summed E-state index contributed by atoms with van der Waals surface area (Å²) >= 11 is 0. The van der Waals surface area contributed by atoms with Gasteiger partial charge in [0, 0.05) is 6.54 Å². The number of aryl methyl sites for hydroxylation is 1. The van der Waals surface area contributed by atoms with Crippen LogP contribution in [0, 0.1) is 18.3 Å². The summed E-state index contributed by atoms with van der Waals surface area (Å²) in [5.74, 6) is 1.53. The van der Waals surface area contributed by atoms with Gasteiger partial charge in [0.2, 0.25) is 0 Å². The molecule has 0 heterocycles. The van der Waals surface area contributed by atoms with Gasteiger partial charge in [-0.05, 0) is 75.5 Å². The predicted octanol–water partition coefficient (Wildman–Crippen LogP) is 4.75. The van der Waals surface area contributed by atoms with Crippen molar-refractivity contribution < 1.29 is 9.47 Å². The Labute approximate surface area is 169 Å². The molecule has 28 heavy (non-hydrogen) atoms. The van der Waals surface area contributed by atoms with Crippen LogP contribution in [0.1, 0.15) is 36.5 Å². The third-order valence-corrected chi connectivity index (χ3v) is 5.43. The second-order valence-corrected chi connectivity index (χ2v) is 7.60. The molecule has 0 radical (unpaired) electrons. The van der Waals surface area contributed by atoms with E-state index >= 15 is 0 Å². The summed E-state index contributed by atoms with van der Waals surface area (Å²) in [6.07, 6.45) is 2.79. The first-order valence-corrected chi connectivity index (χ1v) is 9.80. The minimum absolute atomic E-state index is 0.435. The van der Waals surface area contributed by atoms with Crippen molar-refractivity contribution in [1.82, 2.24) is 4.90 Å². The van der Waals surface area contributed by atoms with Gasteiger partial charge in [0.15, 0.2) is 11.5 Å². The summed E-state index contributed by atoms with van der Waals surface area (Å²) < 4.78 is 10.7. The van der Waals surface area contributed by atoms with Gasteiger partial charge in [0.25, 0.3) is 0 Å². The maximum atomic E-state index is 9.79. The average Bonchev–Trinajstić information content (AvgIpc) is 2.72. The fourth-order valence-electron chi connectivity index (χ4n) is 3.61. The van der Waals surface area contributed by atoms with E-state index in [-0.39, 0.29) is 0 Å². The van der Waals surface area contributed by atoms with E-state index < -0.39 is 5.41 Å². The number of benzene rings is 2. The molecule has 0 N–H and O–H groups in total. The molecule has 0 fully saturated rings. The Kier molecular flexibility index (Phi) is 7.90. The molecule has 0 unspecified atom stereocenters. The molecule has 0 aliphatic heterocycles. The molecule has 4 nitrogen and oxygen atoms in total. The highest BCUT2D eigenvalue weighted by Crippen LogP contribution is 2.31. The molecule has 4 heteroatoms. The lowest BCUT2D eigenvalue weighted by Crippen LogP contribution is -2.26. The Bertz CT molecular complexity index is 812. The second-order valence-electron chi connectivity index (χ2n) is 7.60. The van der Waals surface area contributed by atoms with E-state index in [1.807, 2.05) is 24.3 Å². The van der Waals surface area contributed by atoms with Gasteiger partial charge in [-0.2, -0.15) is 5.26 Å². The number of hydrogen-bond donors (Lipinski definition) is 0.